The molecule has 0 saturated carbocycles. The van der Waals surface area contributed by atoms with Gasteiger partial charge < -0.3 is 15.0 Å². The normalized spacial score (nSPS) is 17.6. The van der Waals surface area contributed by atoms with Gasteiger partial charge in [-0.05, 0) is 47.9 Å². The van der Waals surface area contributed by atoms with Gasteiger partial charge in [-0.15, -0.1) is 0 Å². The van der Waals surface area contributed by atoms with Crippen LogP contribution >= 0.6 is 0 Å². The van der Waals surface area contributed by atoms with Gasteiger partial charge >= 0.3 is 5.92 Å². The van der Waals surface area contributed by atoms with Crippen molar-refractivity contribution in [2.45, 2.75) is 37.9 Å². The number of alkyl halides is 2. The van der Waals surface area contributed by atoms with Gasteiger partial charge in [0.15, 0.2) is 6.29 Å². The molecule has 4 amide bonds. The van der Waals surface area contributed by atoms with E-state index >= 15 is 0 Å². The largest absolute Gasteiger partial charge is 0.486 e. The number of nitrogens with zero attached hydrogens (tertiary/aromatic N) is 1. The molecule has 0 aliphatic carbocycles. The first kappa shape index (κ1) is 24.0. The molecule has 35 heavy (non-hydrogen) atoms. The third kappa shape index (κ3) is 4.88. The molecule has 11 heteroatoms. The Bertz CT molecular complexity index is 1200. The molecule has 2 aliphatic rings. The van der Waals surface area contributed by atoms with E-state index in [-0.39, 0.29) is 50.1 Å². The molecule has 4 rings (SSSR count). The lowest BCUT2D eigenvalue weighted by atomic mass is 10.0. The second-order valence-electron chi connectivity index (χ2n) is 8.15. The van der Waals surface area contributed by atoms with Crippen molar-refractivity contribution < 1.29 is 37.5 Å². The first-order chi connectivity index (χ1) is 16.7. The molecule has 0 aromatic heterocycles. The molecule has 2 aliphatic heterocycles. The molecule has 0 radical (unpaired) electrons. The van der Waals surface area contributed by atoms with E-state index in [0.29, 0.717) is 23.0 Å². The van der Waals surface area contributed by atoms with E-state index in [9.17, 15) is 32.8 Å². The Hall–Kier alpha value is -4.15. The predicted octanol–water partition coefficient (Wildman–Crippen LogP) is 1.43. The SMILES string of the molecule is O=CCOc1ccc(C(F)(F)C(=O)NCc2ccc3c(c2)CN(C2CCC(=O)NC2=O)C3=O)cc1. The van der Waals surface area contributed by atoms with Crippen molar-refractivity contribution in [1.82, 2.24) is 15.5 Å². The molecular weight excluding hydrogens is 464 g/mol. The molecule has 2 N–H and O–H groups in total. The minimum Gasteiger partial charge on any atom is -0.486 e. The zero-order chi connectivity index (χ0) is 25.2. The van der Waals surface area contributed by atoms with Gasteiger partial charge in [-0.1, -0.05) is 12.1 Å². The van der Waals surface area contributed by atoms with Crippen molar-refractivity contribution in [2.75, 3.05) is 6.61 Å². The van der Waals surface area contributed by atoms with Crippen molar-refractivity contribution in [3.05, 3.63) is 64.7 Å². The summed E-state index contributed by atoms with van der Waals surface area (Å²) in [6.07, 6.45) is 0.889. The zero-order valence-electron chi connectivity index (χ0n) is 18.4. The van der Waals surface area contributed by atoms with E-state index in [1.165, 1.54) is 23.1 Å². The van der Waals surface area contributed by atoms with Crippen LogP contribution in [0.2, 0.25) is 0 Å². The van der Waals surface area contributed by atoms with Crippen LogP contribution in [0.5, 0.6) is 5.75 Å². The number of halogens is 2. The first-order valence-electron chi connectivity index (χ1n) is 10.8. The number of hydrogen-bond donors (Lipinski definition) is 2. The van der Waals surface area contributed by atoms with Crippen LogP contribution in [0.4, 0.5) is 8.78 Å². The van der Waals surface area contributed by atoms with Crippen LogP contribution in [0.25, 0.3) is 0 Å². The highest BCUT2D eigenvalue weighted by Crippen LogP contribution is 2.31. The Morgan fingerprint density at radius 3 is 2.60 bits per heavy atom. The number of amides is 4. The van der Waals surface area contributed by atoms with Gasteiger partial charge in [-0.25, -0.2) is 0 Å². The first-order valence-corrected chi connectivity index (χ1v) is 10.8. The summed E-state index contributed by atoms with van der Waals surface area (Å²) in [6, 6.07) is 8.51. The van der Waals surface area contributed by atoms with Crippen LogP contribution in [0, 0.1) is 0 Å². The summed E-state index contributed by atoms with van der Waals surface area (Å²) in [5.41, 5.74) is 0.951. The van der Waals surface area contributed by atoms with Crippen LogP contribution in [-0.2, 0) is 38.2 Å². The summed E-state index contributed by atoms with van der Waals surface area (Å²) in [6.45, 7) is -0.278. The number of benzene rings is 2. The van der Waals surface area contributed by atoms with Gasteiger partial charge in [0.1, 0.15) is 18.4 Å². The predicted molar refractivity (Wildman–Crippen MR) is 116 cm³/mol. The molecular formula is C24H21F2N3O6. The number of fused-ring (bicyclic) bond motifs is 1. The van der Waals surface area contributed by atoms with Gasteiger partial charge in [-0.3, -0.25) is 29.3 Å². The fraction of sp³-hybridized carbons (Fsp3) is 0.292. The maximum atomic E-state index is 14.6. The average Bonchev–Trinajstić information content (AvgIpc) is 3.16. The number of ether oxygens (including phenoxy) is 1. The summed E-state index contributed by atoms with van der Waals surface area (Å²) in [5.74, 6) is -6.35. The molecule has 2 aromatic rings. The lowest BCUT2D eigenvalue weighted by Crippen LogP contribution is -2.52. The van der Waals surface area contributed by atoms with E-state index in [0.717, 1.165) is 12.1 Å². The minimum atomic E-state index is -3.81. The van der Waals surface area contributed by atoms with Crippen molar-refractivity contribution in [3.8, 4) is 5.75 Å². The standard InChI is InChI=1S/C24H21F2N3O6/c25-24(26,16-2-4-17(5-3-16)35-10-9-30)23(34)27-12-14-1-6-18-15(11-14)13-29(22(18)33)19-7-8-20(31)28-21(19)32/h1-6,9,11,19H,7-8,10,12-13H2,(H,27,34)(H,28,31,32). The van der Waals surface area contributed by atoms with Crippen molar-refractivity contribution in [1.29, 1.82) is 0 Å². The van der Waals surface area contributed by atoms with Crippen molar-refractivity contribution in [3.63, 3.8) is 0 Å². The number of carbonyl (C=O) groups excluding carboxylic acids is 5. The highest BCUT2D eigenvalue weighted by Gasteiger charge is 2.41. The number of imide groups is 1. The summed E-state index contributed by atoms with van der Waals surface area (Å²) in [4.78, 5) is 60.2. The fourth-order valence-electron chi connectivity index (χ4n) is 4.05. The van der Waals surface area contributed by atoms with E-state index in [1.807, 2.05) is 0 Å². The molecule has 0 spiro atoms. The molecule has 1 unspecified atom stereocenters. The van der Waals surface area contributed by atoms with Gasteiger partial charge in [0.2, 0.25) is 11.8 Å². The molecule has 2 aromatic carbocycles. The average molecular weight is 485 g/mol. The molecule has 182 valence electrons. The maximum absolute atomic E-state index is 14.6. The van der Waals surface area contributed by atoms with Gasteiger partial charge in [0, 0.05) is 30.6 Å². The number of aldehydes is 1. The molecule has 9 nitrogen and oxygen atoms in total. The third-order valence-electron chi connectivity index (χ3n) is 5.86. The number of nitrogens with one attached hydrogen (secondary N) is 2. The molecule has 1 atom stereocenters. The smallest absolute Gasteiger partial charge is 0.349 e. The fourth-order valence-corrected chi connectivity index (χ4v) is 4.05. The Morgan fingerprint density at radius 1 is 1.17 bits per heavy atom. The summed E-state index contributed by atoms with van der Waals surface area (Å²) in [7, 11) is 0. The van der Waals surface area contributed by atoms with Crippen molar-refractivity contribution >= 4 is 29.9 Å². The van der Waals surface area contributed by atoms with Crippen LogP contribution in [-0.4, -0.2) is 47.5 Å². The summed E-state index contributed by atoms with van der Waals surface area (Å²) >= 11 is 0. The van der Waals surface area contributed by atoms with E-state index in [4.69, 9.17) is 4.74 Å². The molecule has 1 fully saturated rings. The highest BCUT2D eigenvalue weighted by molar-refractivity contribution is 6.05. The van der Waals surface area contributed by atoms with E-state index < -0.39 is 29.3 Å². The Balaban J connectivity index is 1.39. The second-order valence-corrected chi connectivity index (χ2v) is 8.15. The van der Waals surface area contributed by atoms with Crippen LogP contribution in [0.15, 0.2) is 42.5 Å². The van der Waals surface area contributed by atoms with E-state index in [1.54, 1.807) is 12.1 Å². The number of hydrogen-bond acceptors (Lipinski definition) is 6. The lowest BCUT2D eigenvalue weighted by Gasteiger charge is -2.29. The third-order valence-corrected chi connectivity index (χ3v) is 5.86. The second kappa shape index (κ2) is 9.61. The molecule has 1 saturated heterocycles. The topological polar surface area (TPSA) is 122 Å². The lowest BCUT2D eigenvalue weighted by molar-refractivity contribution is -0.147. The maximum Gasteiger partial charge on any atom is 0.349 e. The zero-order valence-corrected chi connectivity index (χ0v) is 18.4. The number of piperidine rings is 1. The van der Waals surface area contributed by atoms with Crippen molar-refractivity contribution in [2.24, 2.45) is 0 Å². The molecule has 2 heterocycles. The Labute approximate surface area is 198 Å². The van der Waals surface area contributed by atoms with E-state index in [2.05, 4.69) is 10.6 Å². The number of carbonyl (C=O) groups is 5. The Kier molecular flexibility index (Phi) is 6.59. The quantitative estimate of drug-likeness (QED) is 0.431. The van der Waals surface area contributed by atoms with Gasteiger partial charge in [0.25, 0.3) is 11.8 Å². The van der Waals surface area contributed by atoms with Crippen LogP contribution < -0.4 is 15.4 Å². The summed E-state index contributed by atoms with van der Waals surface area (Å²) < 4.78 is 34.2. The number of rotatable bonds is 8. The van der Waals surface area contributed by atoms with Gasteiger partial charge in [-0.2, -0.15) is 8.78 Å². The molecule has 0 bridgehead atoms. The van der Waals surface area contributed by atoms with Gasteiger partial charge in [0.05, 0.1) is 0 Å². The highest BCUT2D eigenvalue weighted by atomic mass is 19.3. The van der Waals surface area contributed by atoms with Crippen LogP contribution in [0.3, 0.4) is 0 Å². The van der Waals surface area contributed by atoms with Crippen LogP contribution in [0.1, 0.15) is 39.9 Å². The minimum absolute atomic E-state index is 0.135. The monoisotopic (exact) mass is 485 g/mol. The summed E-state index contributed by atoms with van der Waals surface area (Å²) in [5, 5.41) is 4.43. The Morgan fingerprint density at radius 2 is 1.91 bits per heavy atom.